The zero-order valence-electron chi connectivity index (χ0n) is 14.5. The fourth-order valence-corrected chi connectivity index (χ4v) is 3.99. The van der Waals surface area contributed by atoms with Crippen LogP contribution in [0.1, 0.15) is 29.6 Å². The maximum absolute atomic E-state index is 12.2. The standard InChI is InChI=1S/C20H25N3O2/c1-23-12-15(17(13-23)14-6-3-2-4-7-14)11-21-20(24)22-18-10-16(18)19-8-5-9-25-19/h2-9,15-18H,10-13H2,1H3,(H2,21,22,24)/t15-,16-,17+,18-/m1/s1. The van der Waals surface area contributed by atoms with E-state index in [1.165, 1.54) is 5.56 Å². The van der Waals surface area contributed by atoms with Crippen molar-refractivity contribution in [1.82, 2.24) is 15.5 Å². The first kappa shape index (κ1) is 16.2. The Kier molecular flexibility index (Phi) is 4.49. The Morgan fingerprint density at radius 3 is 2.76 bits per heavy atom. The SMILES string of the molecule is CN1C[C@@H](CNC(=O)N[C@@H]2C[C@H]2c2ccco2)[C@H](c2ccccc2)C1. The van der Waals surface area contributed by atoms with Gasteiger partial charge in [-0.25, -0.2) is 4.79 Å². The Hall–Kier alpha value is -2.27. The first-order valence-corrected chi connectivity index (χ1v) is 9.02. The zero-order chi connectivity index (χ0) is 17.2. The second kappa shape index (κ2) is 6.92. The third-order valence-corrected chi connectivity index (χ3v) is 5.39. The molecule has 0 bridgehead atoms. The van der Waals surface area contributed by atoms with Crippen LogP contribution in [0.5, 0.6) is 0 Å². The van der Waals surface area contributed by atoms with Crippen molar-refractivity contribution in [2.24, 2.45) is 5.92 Å². The van der Waals surface area contributed by atoms with E-state index in [2.05, 4.69) is 46.8 Å². The predicted octanol–water partition coefficient (Wildman–Crippen LogP) is 2.78. The molecule has 2 heterocycles. The molecule has 4 atom stereocenters. The molecule has 4 rings (SSSR count). The number of furan rings is 1. The summed E-state index contributed by atoms with van der Waals surface area (Å²) in [6, 6.07) is 14.6. The minimum Gasteiger partial charge on any atom is -0.469 e. The Morgan fingerprint density at radius 2 is 2.00 bits per heavy atom. The molecule has 2 aliphatic rings. The van der Waals surface area contributed by atoms with Crippen LogP contribution in [0.15, 0.2) is 53.1 Å². The first-order valence-electron chi connectivity index (χ1n) is 9.02. The summed E-state index contributed by atoms with van der Waals surface area (Å²) >= 11 is 0. The molecule has 2 N–H and O–H groups in total. The fourth-order valence-electron chi connectivity index (χ4n) is 3.99. The van der Waals surface area contributed by atoms with Gasteiger partial charge in [-0.3, -0.25) is 0 Å². The molecule has 0 unspecified atom stereocenters. The second-order valence-corrected chi connectivity index (χ2v) is 7.32. The highest BCUT2D eigenvalue weighted by Crippen LogP contribution is 2.40. The lowest BCUT2D eigenvalue weighted by molar-refractivity contribution is 0.237. The summed E-state index contributed by atoms with van der Waals surface area (Å²) < 4.78 is 5.41. The Balaban J connectivity index is 1.28. The van der Waals surface area contributed by atoms with Gasteiger partial charge in [-0.2, -0.15) is 0 Å². The average molecular weight is 339 g/mol. The molecule has 0 spiro atoms. The van der Waals surface area contributed by atoms with Crippen LogP contribution in [0.4, 0.5) is 4.79 Å². The highest BCUT2D eigenvalue weighted by atomic mass is 16.3. The van der Waals surface area contributed by atoms with E-state index in [1.54, 1.807) is 6.26 Å². The summed E-state index contributed by atoms with van der Waals surface area (Å²) in [5.74, 6) is 2.21. The monoisotopic (exact) mass is 339 g/mol. The number of hydrogen-bond acceptors (Lipinski definition) is 3. The lowest BCUT2D eigenvalue weighted by atomic mass is 9.89. The van der Waals surface area contributed by atoms with Crippen LogP contribution in [0.25, 0.3) is 0 Å². The van der Waals surface area contributed by atoms with Gasteiger partial charge >= 0.3 is 6.03 Å². The van der Waals surface area contributed by atoms with Crippen molar-refractivity contribution in [3.8, 4) is 0 Å². The Labute approximate surface area is 148 Å². The van der Waals surface area contributed by atoms with Crippen molar-refractivity contribution in [1.29, 1.82) is 0 Å². The topological polar surface area (TPSA) is 57.5 Å². The zero-order valence-corrected chi connectivity index (χ0v) is 14.5. The van der Waals surface area contributed by atoms with Gasteiger partial charge in [0, 0.05) is 37.5 Å². The van der Waals surface area contributed by atoms with E-state index in [-0.39, 0.29) is 12.1 Å². The molecule has 1 aliphatic carbocycles. The van der Waals surface area contributed by atoms with E-state index in [0.29, 0.717) is 24.3 Å². The smallest absolute Gasteiger partial charge is 0.315 e. The third kappa shape index (κ3) is 3.71. The third-order valence-electron chi connectivity index (χ3n) is 5.39. The Bertz CT molecular complexity index is 701. The van der Waals surface area contributed by atoms with Crippen LogP contribution in [0.2, 0.25) is 0 Å². The van der Waals surface area contributed by atoms with Gasteiger partial charge in [-0.1, -0.05) is 30.3 Å². The summed E-state index contributed by atoms with van der Waals surface area (Å²) in [5.41, 5.74) is 1.36. The normalized spacial score (nSPS) is 28.7. The van der Waals surface area contributed by atoms with Crippen molar-refractivity contribution in [3.05, 3.63) is 60.1 Å². The van der Waals surface area contributed by atoms with Crippen LogP contribution in [0, 0.1) is 5.92 Å². The number of carbonyl (C=O) groups is 1. The molecule has 1 saturated carbocycles. The fraction of sp³-hybridized carbons (Fsp3) is 0.450. The molecule has 1 saturated heterocycles. The number of nitrogens with zero attached hydrogens (tertiary/aromatic N) is 1. The van der Waals surface area contributed by atoms with Crippen LogP contribution in [-0.2, 0) is 0 Å². The molecule has 2 amide bonds. The van der Waals surface area contributed by atoms with Gasteiger partial charge in [0.25, 0.3) is 0 Å². The number of nitrogens with one attached hydrogen (secondary N) is 2. The molecule has 1 aliphatic heterocycles. The van der Waals surface area contributed by atoms with E-state index >= 15 is 0 Å². The number of hydrogen-bond donors (Lipinski definition) is 2. The van der Waals surface area contributed by atoms with E-state index in [4.69, 9.17) is 4.42 Å². The van der Waals surface area contributed by atoms with E-state index in [9.17, 15) is 4.79 Å². The molecule has 5 nitrogen and oxygen atoms in total. The molecule has 2 aromatic rings. The van der Waals surface area contributed by atoms with Gasteiger partial charge < -0.3 is 20.0 Å². The number of amides is 2. The molecule has 132 valence electrons. The van der Waals surface area contributed by atoms with Gasteiger partial charge in [-0.15, -0.1) is 0 Å². The predicted molar refractivity (Wildman–Crippen MR) is 96.6 cm³/mol. The number of carbonyl (C=O) groups excluding carboxylic acids is 1. The van der Waals surface area contributed by atoms with Crippen LogP contribution in [0.3, 0.4) is 0 Å². The lowest BCUT2D eigenvalue weighted by Gasteiger charge is -2.19. The van der Waals surface area contributed by atoms with Gasteiger partial charge in [-0.05, 0) is 37.1 Å². The van der Waals surface area contributed by atoms with Crippen molar-refractivity contribution >= 4 is 6.03 Å². The molecule has 2 fully saturated rings. The van der Waals surface area contributed by atoms with Crippen molar-refractivity contribution in [2.75, 3.05) is 26.7 Å². The average Bonchev–Trinajstić information content (AvgIpc) is 3.02. The minimum absolute atomic E-state index is 0.0691. The first-order chi connectivity index (χ1) is 12.2. The van der Waals surface area contributed by atoms with Gasteiger partial charge in [0.1, 0.15) is 5.76 Å². The minimum atomic E-state index is -0.0691. The molecular weight excluding hydrogens is 314 g/mol. The van der Waals surface area contributed by atoms with Crippen molar-refractivity contribution in [3.63, 3.8) is 0 Å². The molecule has 25 heavy (non-hydrogen) atoms. The number of likely N-dealkylation sites (tertiary alicyclic amines) is 1. The van der Waals surface area contributed by atoms with Crippen LogP contribution in [-0.4, -0.2) is 43.7 Å². The maximum Gasteiger partial charge on any atom is 0.315 e. The van der Waals surface area contributed by atoms with Gasteiger partial charge in [0.15, 0.2) is 0 Å². The highest BCUT2D eigenvalue weighted by molar-refractivity contribution is 5.74. The number of likely N-dealkylation sites (N-methyl/N-ethyl adjacent to an activating group) is 1. The summed E-state index contributed by atoms with van der Waals surface area (Å²) in [7, 11) is 2.15. The van der Waals surface area contributed by atoms with E-state index in [1.807, 2.05) is 18.2 Å². The van der Waals surface area contributed by atoms with Crippen molar-refractivity contribution in [2.45, 2.75) is 24.3 Å². The Morgan fingerprint density at radius 1 is 1.16 bits per heavy atom. The second-order valence-electron chi connectivity index (χ2n) is 7.32. The summed E-state index contributed by atoms with van der Waals surface area (Å²) in [5, 5.41) is 6.13. The van der Waals surface area contributed by atoms with E-state index in [0.717, 1.165) is 25.3 Å². The molecule has 1 aromatic heterocycles. The molecular formula is C20H25N3O2. The lowest BCUT2D eigenvalue weighted by Crippen LogP contribution is -2.40. The summed E-state index contributed by atoms with van der Waals surface area (Å²) in [6.45, 7) is 2.76. The van der Waals surface area contributed by atoms with Gasteiger partial charge in [0.2, 0.25) is 0 Å². The maximum atomic E-state index is 12.2. The van der Waals surface area contributed by atoms with Crippen LogP contribution < -0.4 is 10.6 Å². The molecule has 1 aromatic carbocycles. The van der Waals surface area contributed by atoms with E-state index < -0.39 is 0 Å². The summed E-state index contributed by atoms with van der Waals surface area (Å²) in [6.07, 6.45) is 2.64. The number of benzene rings is 1. The van der Waals surface area contributed by atoms with Crippen LogP contribution >= 0.6 is 0 Å². The molecule has 5 heteroatoms. The number of rotatable bonds is 5. The van der Waals surface area contributed by atoms with Crippen molar-refractivity contribution < 1.29 is 9.21 Å². The molecule has 0 radical (unpaired) electrons. The quantitative estimate of drug-likeness (QED) is 0.881. The number of urea groups is 1. The highest BCUT2D eigenvalue weighted by Gasteiger charge is 2.41. The largest absolute Gasteiger partial charge is 0.469 e. The van der Waals surface area contributed by atoms with Gasteiger partial charge in [0.05, 0.1) is 6.26 Å². The summed E-state index contributed by atoms with van der Waals surface area (Å²) in [4.78, 5) is 14.6.